The lowest BCUT2D eigenvalue weighted by Crippen LogP contribution is -2.00. The Balaban J connectivity index is 2.84. The van der Waals surface area contributed by atoms with Gasteiger partial charge in [0.2, 0.25) is 0 Å². The van der Waals surface area contributed by atoms with E-state index in [2.05, 4.69) is 45.7 Å². The van der Waals surface area contributed by atoms with E-state index in [0.717, 1.165) is 14.5 Å². The molecule has 3 heteroatoms. The first-order chi connectivity index (χ1) is 6.49. The number of hydrogen-bond acceptors (Lipinski definition) is 0. The van der Waals surface area contributed by atoms with E-state index in [4.69, 9.17) is 0 Å². The molecule has 0 N–H and O–H groups in total. The Morgan fingerprint density at radius 3 is 2.07 bits per heavy atom. The number of hydrogen-bond donors (Lipinski definition) is 0. The molecule has 0 aliphatic rings. The minimum atomic E-state index is -0.621. The maximum absolute atomic E-state index is 11.8. The molecule has 0 saturated carbocycles. The minimum absolute atomic E-state index is 0.440. The quantitative estimate of drug-likeness (QED) is 0.767. The maximum Gasteiger partial charge on any atom is 0.118 e. The van der Waals surface area contributed by atoms with Gasteiger partial charge < -0.3 is 0 Å². The van der Waals surface area contributed by atoms with Gasteiger partial charge in [0.25, 0.3) is 0 Å². The topological polar surface area (TPSA) is 19.9 Å². The molecular formula is C11H13Br2O. The molecular weight excluding hydrogens is 308 g/mol. The van der Waals surface area contributed by atoms with Crippen molar-refractivity contribution in [1.29, 1.82) is 0 Å². The summed E-state index contributed by atoms with van der Waals surface area (Å²) in [6, 6.07) is 5.72. The van der Waals surface area contributed by atoms with Gasteiger partial charge in [-0.05, 0) is 36.1 Å². The second-order valence-electron chi connectivity index (χ2n) is 3.82. The van der Waals surface area contributed by atoms with Crippen LogP contribution in [0.2, 0.25) is 0 Å². The molecule has 1 rings (SSSR count). The molecule has 1 radical (unpaired) electrons. The zero-order valence-corrected chi connectivity index (χ0v) is 11.4. The molecule has 0 heterocycles. The van der Waals surface area contributed by atoms with Gasteiger partial charge in [-0.1, -0.05) is 45.7 Å². The van der Waals surface area contributed by atoms with Gasteiger partial charge in [-0.3, -0.25) is 0 Å². The smallest absolute Gasteiger partial charge is 0.118 e. The average molecular weight is 321 g/mol. The minimum Gasteiger partial charge on any atom is -0.228 e. The Morgan fingerprint density at radius 2 is 1.64 bits per heavy atom. The molecule has 0 saturated heterocycles. The van der Waals surface area contributed by atoms with Crippen molar-refractivity contribution >= 4 is 31.9 Å². The van der Waals surface area contributed by atoms with Gasteiger partial charge in [0.15, 0.2) is 0 Å². The third-order valence-corrected chi connectivity index (χ3v) is 2.86. The summed E-state index contributed by atoms with van der Waals surface area (Å²) in [5.41, 5.74) is 0.847. The summed E-state index contributed by atoms with van der Waals surface area (Å²) >= 11 is 6.76. The highest BCUT2D eigenvalue weighted by Crippen LogP contribution is 2.27. The van der Waals surface area contributed by atoms with Gasteiger partial charge in [0.05, 0.1) is 0 Å². The number of benzene rings is 1. The Morgan fingerprint density at radius 1 is 1.14 bits per heavy atom. The van der Waals surface area contributed by atoms with Crippen molar-refractivity contribution in [1.82, 2.24) is 0 Å². The molecule has 0 aromatic heterocycles. The normalized spacial score (nSPS) is 13.3. The molecule has 0 spiro atoms. The highest BCUT2D eigenvalue weighted by atomic mass is 79.9. The molecule has 77 valence electrons. The predicted molar refractivity (Wildman–Crippen MR) is 64.7 cm³/mol. The molecule has 1 unspecified atom stereocenters. The first kappa shape index (κ1) is 12.2. The SMILES string of the molecule is CC(C)CC([O])c1cc(Br)cc(Br)c1. The molecule has 1 atom stereocenters. The molecule has 1 aromatic carbocycles. The highest BCUT2D eigenvalue weighted by Gasteiger charge is 2.12. The van der Waals surface area contributed by atoms with Crippen LogP contribution in [-0.2, 0) is 5.11 Å². The van der Waals surface area contributed by atoms with Crippen LogP contribution < -0.4 is 0 Å². The Labute approximate surface area is 102 Å². The predicted octanol–water partition coefficient (Wildman–Crippen LogP) is 4.73. The van der Waals surface area contributed by atoms with Crippen molar-refractivity contribution in [3.63, 3.8) is 0 Å². The third-order valence-electron chi connectivity index (χ3n) is 1.94. The standard InChI is InChI=1S/C11H13Br2O/c1-7(2)3-11(14)8-4-9(12)6-10(13)5-8/h4-7,11H,3H2,1-2H3. The lowest BCUT2D eigenvalue weighted by atomic mass is 10.00. The summed E-state index contributed by atoms with van der Waals surface area (Å²) in [5, 5.41) is 11.8. The van der Waals surface area contributed by atoms with E-state index < -0.39 is 6.10 Å². The third kappa shape index (κ3) is 3.71. The van der Waals surface area contributed by atoms with Crippen molar-refractivity contribution in [2.75, 3.05) is 0 Å². The largest absolute Gasteiger partial charge is 0.228 e. The summed E-state index contributed by atoms with van der Waals surface area (Å²) in [7, 11) is 0. The average Bonchev–Trinajstić information content (AvgIpc) is 2.00. The zero-order chi connectivity index (χ0) is 10.7. The lowest BCUT2D eigenvalue weighted by molar-refractivity contribution is 0.0698. The summed E-state index contributed by atoms with van der Waals surface area (Å²) < 4.78 is 1.90. The van der Waals surface area contributed by atoms with Gasteiger partial charge in [-0.15, -0.1) is 0 Å². The number of rotatable bonds is 3. The van der Waals surface area contributed by atoms with Crippen LogP contribution in [0.25, 0.3) is 0 Å². The van der Waals surface area contributed by atoms with Crippen LogP contribution >= 0.6 is 31.9 Å². The van der Waals surface area contributed by atoms with Gasteiger partial charge >= 0.3 is 0 Å². The van der Waals surface area contributed by atoms with E-state index in [9.17, 15) is 5.11 Å². The fraction of sp³-hybridized carbons (Fsp3) is 0.455. The van der Waals surface area contributed by atoms with Crippen LogP contribution in [0.3, 0.4) is 0 Å². The van der Waals surface area contributed by atoms with Crippen molar-refractivity contribution in [3.05, 3.63) is 32.7 Å². The van der Waals surface area contributed by atoms with E-state index in [1.807, 2.05) is 18.2 Å². The summed E-state index contributed by atoms with van der Waals surface area (Å²) in [4.78, 5) is 0. The van der Waals surface area contributed by atoms with E-state index in [-0.39, 0.29) is 0 Å². The van der Waals surface area contributed by atoms with Crippen LogP contribution in [-0.4, -0.2) is 0 Å². The van der Waals surface area contributed by atoms with Gasteiger partial charge in [-0.2, -0.15) is 0 Å². The van der Waals surface area contributed by atoms with Crippen molar-refractivity contribution < 1.29 is 5.11 Å². The van der Waals surface area contributed by atoms with E-state index in [0.29, 0.717) is 12.3 Å². The zero-order valence-electron chi connectivity index (χ0n) is 8.26. The first-order valence-electron chi connectivity index (χ1n) is 4.61. The summed E-state index contributed by atoms with van der Waals surface area (Å²) in [6.45, 7) is 4.13. The number of halogens is 2. The van der Waals surface area contributed by atoms with Crippen LogP contribution in [0.4, 0.5) is 0 Å². The Hall–Kier alpha value is 0.140. The Bertz CT molecular complexity index is 290. The monoisotopic (exact) mass is 319 g/mol. The molecule has 0 amide bonds. The van der Waals surface area contributed by atoms with E-state index in [1.165, 1.54) is 0 Å². The fourth-order valence-corrected chi connectivity index (χ4v) is 2.65. The van der Waals surface area contributed by atoms with Crippen molar-refractivity contribution in [3.8, 4) is 0 Å². The molecule has 1 nitrogen and oxygen atoms in total. The molecule has 1 aromatic rings. The molecule has 0 aliphatic carbocycles. The molecule has 0 aliphatic heterocycles. The van der Waals surface area contributed by atoms with Crippen LogP contribution in [0, 0.1) is 5.92 Å². The second-order valence-corrected chi connectivity index (χ2v) is 5.65. The van der Waals surface area contributed by atoms with Gasteiger partial charge in [0, 0.05) is 8.95 Å². The molecule has 14 heavy (non-hydrogen) atoms. The Kier molecular flexibility index (Phi) is 4.61. The highest BCUT2D eigenvalue weighted by molar-refractivity contribution is 9.11. The van der Waals surface area contributed by atoms with Crippen LogP contribution in [0.15, 0.2) is 27.1 Å². The van der Waals surface area contributed by atoms with Gasteiger partial charge in [-0.25, -0.2) is 5.11 Å². The molecule has 0 bridgehead atoms. The van der Waals surface area contributed by atoms with Crippen molar-refractivity contribution in [2.24, 2.45) is 5.92 Å². The maximum atomic E-state index is 11.8. The lowest BCUT2D eigenvalue weighted by Gasteiger charge is -2.11. The van der Waals surface area contributed by atoms with Crippen molar-refractivity contribution in [2.45, 2.75) is 26.4 Å². The summed E-state index contributed by atoms with van der Waals surface area (Å²) in [5.74, 6) is 0.440. The summed E-state index contributed by atoms with van der Waals surface area (Å²) in [6.07, 6.45) is 0.0619. The second kappa shape index (κ2) is 5.29. The van der Waals surface area contributed by atoms with Crippen LogP contribution in [0.5, 0.6) is 0 Å². The molecule has 0 fully saturated rings. The van der Waals surface area contributed by atoms with Gasteiger partial charge in [0.1, 0.15) is 6.10 Å². The fourth-order valence-electron chi connectivity index (χ4n) is 1.33. The van der Waals surface area contributed by atoms with E-state index >= 15 is 0 Å². The van der Waals surface area contributed by atoms with E-state index in [1.54, 1.807) is 0 Å². The van der Waals surface area contributed by atoms with Crippen LogP contribution in [0.1, 0.15) is 31.9 Å². The first-order valence-corrected chi connectivity index (χ1v) is 6.19.